The first-order valence-electron chi connectivity index (χ1n) is 6.45. The summed E-state index contributed by atoms with van der Waals surface area (Å²) < 4.78 is 0. The molecule has 0 bridgehead atoms. The average molecular weight is 281 g/mol. The highest BCUT2D eigenvalue weighted by atomic mass is 32.1. The average Bonchev–Trinajstić information content (AvgIpc) is 2.91. The molecule has 1 amide bonds. The van der Waals surface area contributed by atoms with E-state index in [0.29, 0.717) is 6.54 Å². The lowest BCUT2D eigenvalue weighted by Gasteiger charge is -2.22. The minimum Gasteiger partial charge on any atom is -0.409 e. The second kappa shape index (κ2) is 6.06. The van der Waals surface area contributed by atoms with E-state index in [4.69, 9.17) is 10.9 Å². The number of nitrogens with two attached hydrogens (primary N) is 1. The van der Waals surface area contributed by atoms with Gasteiger partial charge in [0.05, 0.1) is 5.92 Å². The fourth-order valence-corrected chi connectivity index (χ4v) is 3.33. The molecule has 0 saturated heterocycles. The smallest absolute Gasteiger partial charge is 0.227 e. The first kappa shape index (κ1) is 13.9. The van der Waals surface area contributed by atoms with E-state index in [1.54, 1.807) is 11.3 Å². The van der Waals surface area contributed by atoms with Gasteiger partial charge in [0.25, 0.3) is 0 Å². The number of hydrogen-bond donors (Lipinski definition) is 3. The predicted molar refractivity (Wildman–Crippen MR) is 75.6 cm³/mol. The van der Waals surface area contributed by atoms with Crippen molar-refractivity contribution in [2.75, 3.05) is 6.54 Å². The molecule has 1 aliphatic rings. The van der Waals surface area contributed by atoms with Crippen molar-refractivity contribution < 1.29 is 10.0 Å². The van der Waals surface area contributed by atoms with Crippen molar-refractivity contribution in [2.45, 2.75) is 32.1 Å². The molecule has 2 atom stereocenters. The Morgan fingerprint density at radius 2 is 2.53 bits per heavy atom. The highest BCUT2D eigenvalue weighted by Crippen LogP contribution is 2.34. The van der Waals surface area contributed by atoms with Crippen LogP contribution in [-0.4, -0.2) is 23.5 Å². The second-order valence-corrected chi connectivity index (χ2v) is 5.92. The molecule has 0 radical (unpaired) electrons. The Morgan fingerprint density at radius 3 is 3.26 bits per heavy atom. The number of fused-ring (bicyclic) bond motifs is 1. The zero-order valence-corrected chi connectivity index (χ0v) is 11.7. The third-order valence-corrected chi connectivity index (χ3v) is 4.57. The third-order valence-electron chi connectivity index (χ3n) is 3.57. The normalized spacial score (nSPS) is 20.7. The third kappa shape index (κ3) is 3.07. The van der Waals surface area contributed by atoms with Gasteiger partial charge in [-0.05, 0) is 36.3 Å². The lowest BCUT2D eigenvalue weighted by molar-refractivity contribution is -0.122. The highest BCUT2D eigenvalue weighted by molar-refractivity contribution is 7.10. The molecule has 0 saturated carbocycles. The largest absolute Gasteiger partial charge is 0.409 e. The molecule has 1 aromatic rings. The van der Waals surface area contributed by atoms with Gasteiger partial charge in [-0.2, -0.15) is 0 Å². The zero-order chi connectivity index (χ0) is 13.8. The maximum absolute atomic E-state index is 12.2. The summed E-state index contributed by atoms with van der Waals surface area (Å²) >= 11 is 1.73. The van der Waals surface area contributed by atoms with Crippen molar-refractivity contribution in [3.63, 3.8) is 0 Å². The molecule has 2 unspecified atom stereocenters. The maximum Gasteiger partial charge on any atom is 0.227 e. The minimum absolute atomic E-state index is 0.0388. The van der Waals surface area contributed by atoms with Crippen LogP contribution < -0.4 is 11.1 Å². The number of nitrogens with zero attached hydrogens (tertiary/aromatic N) is 1. The van der Waals surface area contributed by atoms with Crippen LogP contribution in [0.5, 0.6) is 0 Å². The van der Waals surface area contributed by atoms with E-state index in [0.717, 1.165) is 19.3 Å². The SMILES string of the molecule is CC(CNC(=O)C1CCCc2sccc21)/C(N)=N/O. The van der Waals surface area contributed by atoms with Crippen molar-refractivity contribution in [3.8, 4) is 0 Å². The van der Waals surface area contributed by atoms with E-state index >= 15 is 0 Å². The van der Waals surface area contributed by atoms with Gasteiger partial charge in [0.2, 0.25) is 5.91 Å². The molecule has 2 rings (SSSR count). The van der Waals surface area contributed by atoms with E-state index in [1.807, 2.05) is 6.92 Å². The standard InChI is InChI=1S/C13H19N3O2S/c1-8(12(14)16-18)7-15-13(17)10-3-2-4-11-9(10)5-6-19-11/h5-6,8,10,18H,2-4,7H2,1H3,(H2,14,16)(H,15,17). The number of hydrogen-bond acceptors (Lipinski definition) is 4. The number of rotatable bonds is 4. The van der Waals surface area contributed by atoms with Crippen LogP contribution in [0.3, 0.4) is 0 Å². The van der Waals surface area contributed by atoms with Gasteiger partial charge >= 0.3 is 0 Å². The number of oxime groups is 1. The summed E-state index contributed by atoms with van der Waals surface area (Å²) in [6.45, 7) is 2.21. The van der Waals surface area contributed by atoms with E-state index < -0.39 is 0 Å². The lowest BCUT2D eigenvalue weighted by Crippen LogP contribution is -2.37. The Balaban J connectivity index is 1.95. The van der Waals surface area contributed by atoms with Gasteiger partial charge in [-0.15, -0.1) is 11.3 Å². The quantitative estimate of drug-likeness (QED) is 0.339. The molecular formula is C13H19N3O2S. The number of thiophene rings is 1. The van der Waals surface area contributed by atoms with Crippen molar-refractivity contribution in [1.29, 1.82) is 0 Å². The Labute approximate surface area is 116 Å². The molecular weight excluding hydrogens is 262 g/mol. The molecule has 0 spiro atoms. The fourth-order valence-electron chi connectivity index (χ4n) is 2.34. The molecule has 6 heteroatoms. The van der Waals surface area contributed by atoms with Crippen molar-refractivity contribution >= 4 is 23.1 Å². The molecule has 19 heavy (non-hydrogen) atoms. The first-order chi connectivity index (χ1) is 9.13. The topological polar surface area (TPSA) is 87.7 Å². The van der Waals surface area contributed by atoms with Gasteiger partial charge in [-0.1, -0.05) is 12.1 Å². The molecule has 0 aliphatic heterocycles. The number of amides is 1. The molecule has 5 nitrogen and oxygen atoms in total. The molecule has 0 fully saturated rings. The van der Waals surface area contributed by atoms with Crippen LogP contribution in [0.25, 0.3) is 0 Å². The summed E-state index contributed by atoms with van der Waals surface area (Å²) in [5.74, 6) is -0.0360. The summed E-state index contributed by atoms with van der Waals surface area (Å²) in [4.78, 5) is 13.6. The van der Waals surface area contributed by atoms with Crippen molar-refractivity contribution in [2.24, 2.45) is 16.8 Å². The van der Waals surface area contributed by atoms with Gasteiger partial charge in [0, 0.05) is 17.3 Å². The monoisotopic (exact) mass is 281 g/mol. The van der Waals surface area contributed by atoms with E-state index in [2.05, 4.69) is 21.9 Å². The first-order valence-corrected chi connectivity index (χ1v) is 7.32. The number of carbonyl (C=O) groups excluding carboxylic acids is 1. The lowest BCUT2D eigenvalue weighted by atomic mass is 9.87. The second-order valence-electron chi connectivity index (χ2n) is 4.91. The molecule has 0 aromatic carbocycles. The Hall–Kier alpha value is -1.56. The number of nitrogens with one attached hydrogen (secondary N) is 1. The predicted octanol–water partition coefficient (Wildman–Crippen LogP) is 1.67. The number of aryl methyl sites for hydroxylation is 1. The highest BCUT2D eigenvalue weighted by Gasteiger charge is 2.27. The summed E-state index contributed by atoms with van der Waals surface area (Å²) in [7, 11) is 0. The van der Waals surface area contributed by atoms with Crippen LogP contribution in [0.1, 0.15) is 36.1 Å². The van der Waals surface area contributed by atoms with Crippen LogP contribution in [0.15, 0.2) is 16.6 Å². The van der Waals surface area contributed by atoms with Gasteiger partial charge < -0.3 is 16.3 Å². The van der Waals surface area contributed by atoms with Gasteiger partial charge in [0.1, 0.15) is 5.84 Å². The van der Waals surface area contributed by atoms with Crippen LogP contribution >= 0.6 is 11.3 Å². The zero-order valence-electron chi connectivity index (χ0n) is 10.9. The van der Waals surface area contributed by atoms with Gasteiger partial charge in [0.15, 0.2) is 0 Å². The molecule has 1 aromatic heterocycles. The fraction of sp³-hybridized carbons (Fsp3) is 0.538. The molecule has 1 heterocycles. The summed E-state index contributed by atoms with van der Waals surface area (Å²) in [6.07, 6.45) is 3.03. The summed E-state index contributed by atoms with van der Waals surface area (Å²) in [5, 5.41) is 16.5. The van der Waals surface area contributed by atoms with E-state index in [9.17, 15) is 4.79 Å². The van der Waals surface area contributed by atoms with Crippen LogP contribution in [0, 0.1) is 5.92 Å². The minimum atomic E-state index is -0.167. The molecule has 1 aliphatic carbocycles. The summed E-state index contributed by atoms with van der Waals surface area (Å²) in [6, 6.07) is 2.05. The van der Waals surface area contributed by atoms with Crippen molar-refractivity contribution in [1.82, 2.24) is 5.32 Å². The van der Waals surface area contributed by atoms with Crippen molar-refractivity contribution in [3.05, 3.63) is 21.9 Å². The number of amidine groups is 1. The molecule has 4 N–H and O–H groups in total. The maximum atomic E-state index is 12.2. The van der Waals surface area contributed by atoms with Crippen LogP contribution in [0.2, 0.25) is 0 Å². The number of carbonyl (C=O) groups is 1. The Morgan fingerprint density at radius 1 is 1.74 bits per heavy atom. The Kier molecular flexibility index (Phi) is 4.42. The van der Waals surface area contributed by atoms with Crippen LogP contribution in [-0.2, 0) is 11.2 Å². The van der Waals surface area contributed by atoms with Gasteiger partial charge in [-0.3, -0.25) is 4.79 Å². The van der Waals surface area contributed by atoms with Crippen LogP contribution in [0.4, 0.5) is 0 Å². The Bertz CT molecular complexity index is 484. The summed E-state index contributed by atoms with van der Waals surface area (Å²) in [5.41, 5.74) is 6.66. The van der Waals surface area contributed by atoms with Gasteiger partial charge in [-0.25, -0.2) is 0 Å². The van der Waals surface area contributed by atoms with E-state index in [-0.39, 0.29) is 23.6 Å². The molecule has 104 valence electrons. The van der Waals surface area contributed by atoms with E-state index in [1.165, 1.54) is 10.4 Å².